The van der Waals surface area contributed by atoms with Crippen molar-refractivity contribution in [2.24, 2.45) is 0 Å². The van der Waals surface area contributed by atoms with E-state index in [0.29, 0.717) is 10.5 Å². The van der Waals surface area contributed by atoms with E-state index in [1.165, 1.54) is 12.1 Å². The van der Waals surface area contributed by atoms with Crippen molar-refractivity contribution in [3.05, 3.63) is 22.4 Å². The van der Waals surface area contributed by atoms with Gasteiger partial charge in [0.15, 0.2) is 0 Å². The van der Waals surface area contributed by atoms with Gasteiger partial charge in [-0.3, -0.25) is 0 Å². The Morgan fingerprint density at radius 2 is 2.21 bits per heavy atom. The van der Waals surface area contributed by atoms with E-state index in [1.54, 1.807) is 0 Å². The lowest BCUT2D eigenvalue weighted by Gasteiger charge is -1.98. The molecule has 1 saturated carbocycles. The van der Waals surface area contributed by atoms with E-state index in [9.17, 15) is 4.39 Å². The molecule has 1 aromatic heterocycles. The van der Waals surface area contributed by atoms with Crippen molar-refractivity contribution >= 4 is 27.0 Å². The highest BCUT2D eigenvalue weighted by Gasteiger charge is 2.27. The first-order chi connectivity index (χ1) is 6.75. The lowest BCUT2D eigenvalue weighted by molar-refractivity contribution is 0.616. The van der Waals surface area contributed by atoms with E-state index in [4.69, 9.17) is 0 Å². The minimum atomic E-state index is -0.256. The highest BCUT2D eigenvalue weighted by Crippen LogP contribution is 2.37. The van der Waals surface area contributed by atoms with Gasteiger partial charge in [-0.15, -0.1) is 5.10 Å². The summed E-state index contributed by atoms with van der Waals surface area (Å²) in [6.07, 6.45) is 2.24. The van der Waals surface area contributed by atoms with Crippen LogP contribution in [0.1, 0.15) is 18.9 Å². The molecule has 72 valence electrons. The van der Waals surface area contributed by atoms with Crippen molar-refractivity contribution in [3.63, 3.8) is 0 Å². The number of aromatic nitrogens is 3. The van der Waals surface area contributed by atoms with Gasteiger partial charge in [-0.2, -0.15) is 0 Å². The smallest absolute Gasteiger partial charge is 0.127 e. The summed E-state index contributed by atoms with van der Waals surface area (Å²) in [6, 6.07) is 3.32. The third kappa shape index (κ3) is 1.15. The monoisotopic (exact) mass is 255 g/mol. The van der Waals surface area contributed by atoms with Gasteiger partial charge in [-0.25, -0.2) is 9.07 Å². The first kappa shape index (κ1) is 8.35. The summed E-state index contributed by atoms with van der Waals surface area (Å²) in [4.78, 5) is 0. The largest absolute Gasteiger partial charge is 0.241 e. The minimum Gasteiger partial charge on any atom is -0.241 e. The standard InChI is InChI=1S/C9H7BrFN3/c10-7-3-5(11)4-8-9(7)12-13-14(8)6-1-2-6/h3-4,6H,1-2H2. The molecule has 0 spiro atoms. The van der Waals surface area contributed by atoms with Crippen LogP contribution in [0.25, 0.3) is 11.0 Å². The zero-order valence-electron chi connectivity index (χ0n) is 7.24. The summed E-state index contributed by atoms with van der Waals surface area (Å²) >= 11 is 3.27. The molecule has 0 amide bonds. The van der Waals surface area contributed by atoms with Crippen LogP contribution in [0.15, 0.2) is 16.6 Å². The van der Waals surface area contributed by atoms with Crippen LogP contribution >= 0.6 is 15.9 Å². The number of fused-ring (bicyclic) bond motifs is 1. The topological polar surface area (TPSA) is 30.7 Å². The number of hydrogen-bond acceptors (Lipinski definition) is 2. The molecule has 0 atom stereocenters. The van der Waals surface area contributed by atoms with Crippen LogP contribution in [0, 0.1) is 5.82 Å². The van der Waals surface area contributed by atoms with E-state index < -0.39 is 0 Å². The summed E-state index contributed by atoms with van der Waals surface area (Å²) in [5, 5.41) is 8.05. The predicted molar refractivity (Wildman–Crippen MR) is 53.5 cm³/mol. The molecule has 1 aromatic carbocycles. The van der Waals surface area contributed by atoms with E-state index in [2.05, 4.69) is 26.2 Å². The van der Waals surface area contributed by atoms with Crippen molar-refractivity contribution < 1.29 is 4.39 Å². The normalized spacial score (nSPS) is 16.4. The van der Waals surface area contributed by atoms with Crippen LogP contribution in [0.3, 0.4) is 0 Å². The maximum Gasteiger partial charge on any atom is 0.127 e. The zero-order chi connectivity index (χ0) is 9.71. The molecule has 0 N–H and O–H groups in total. The number of rotatable bonds is 1. The molecule has 1 heterocycles. The van der Waals surface area contributed by atoms with Gasteiger partial charge in [0.05, 0.1) is 16.0 Å². The summed E-state index contributed by atoms with van der Waals surface area (Å²) < 4.78 is 15.6. The third-order valence-electron chi connectivity index (χ3n) is 2.39. The van der Waals surface area contributed by atoms with Gasteiger partial charge in [-0.05, 0) is 34.8 Å². The molecule has 2 aromatic rings. The highest BCUT2D eigenvalue weighted by molar-refractivity contribution is 9.10. The Bertz CT molecular complexity index is 504. The molecule has 0 unspecified atom stereocenters. The van der Waals surface area contributed by atoms with Crippen LogP contribution < -0.4 is 0 Å². The minimum absolute atomic E-state index is 0.256. The van der Waals surface area contributed by atoms with Gasteiger partial charge in [0.2, 0.25) is 0 Å². The van der Waals surface area contributed by atoms with Gasteiger partial charge in [0.25, 0.3) is 0 Å². The average molecular weight is 256 g/mol. The van der Waals surface area contributed by atoms with E-state index >= 15 is 0 Å². The molecular weight excluding hydrogens is 249 g/mol. The second-order valence-corrected chi connectivity index (χ2v) is 4.37. The molecule has 1 fully saturated rings. The number of nitrogens with zero attached hydrogens (tertiary/aromatic N) is 3. The first-order valence-electron chi connectivity index (χ1n) is 4.45. The van der Waals surface area contributed by atoms with Gasteiger partial charge >= 0.3 is 0 Å². The Labute approximate surface area is 88.0 Å². The fraction of sp³-hybridized carbons (Fsp3) is 0.333. The Morgan fingerprint density at radius 1 is 1.43 bits per heavy atom. The van der Waals surface area contributed by atoms with Crippen LogP contribution in [0.4, 0.5) is 4.39 Å². The fourth-order valence-electron chi connectivity index (χ4n) is 1.56. The Kier molecular flexibility index (Phi) is 1.65. The van der Waals surface area contributed by atoms with Crippen molar-refractivity contribution in [1.29, 1.82) is 0 Å². The van der Waals surface area contributed by atoms with E-state index in [1.807, 2.05) is 4.68 Å². The highest BCUT2D eigenvalue weighted by atomic mass is 79.9. The first-order valence-corrected chi connectivity index (χ1v) is 5.25. The van der Waals surface area contributed by atoms with Crippen molar-refractivity contribution in [3.8, 4) is 0 Å². The quantitative estimate of drug-likeness (QED) is 0.785. The van der Waals surface area contributed by atoms with Gasteiger partial charge < -0.3 is 0 Å². The summed E-state index contributed by atoms with van der Waals surface area (Å²) in [7, 11) is 0. The molecule has 5 heteroatoms. The van der Waals surface area contributed by atoms with Crippen LogP contribution in [-0.4, -0.2) is 15.0 Å². The molecule has 0 saturated heterocycles. The lowest BCUT2D eigenvalue weighted by atomic mass is 10.3. The van der Waals surface area contributed by atoms with E-state index in [0.717, 1.165) is 23.9 Å². The molecule has 1 aliphatic rings. The zero-order valence-corrected chi connectivity index (χ0v) is 8.83. The van der Waals surface area contributed by atoms with Crippen molar-refractivity contribution in [2.45, 2.75) is 18.9 Å². The molecule has 0 aliphatic heterocycles. The Hall–Kier alpha value is -0.970. The number of benzene rings is 1. The number of halogens is 2. The Balaban J connectivity index is 2.33. The van der Waals surface area contributed by atoms with Crippen molar-refractivity contribution in [2.75, 3.05) is 0 Å². The maximum atomic E-state index is 13.1. The van der Waals surface area contributed by atoms with Crippen LogP contribution in [0.5, 0.6) is 0 Å². The molecular formula is C9H7BrFN3. The van der Waals surface area contributed by atoms with Gasteiger partial charge in [0, 0.05) is 6.07 Å². The predicted octanol–water partition coefficient (Wildman–Crippen LogP) is 2.67. The summed E-state index contributed by atoms with van der Waals surface area (Å²) in [6.45, 7) is 0. The fourth-order valence-corrected chi connectivity index (χ4v) is 2.06. The van der Waals surface area contributed by atoms with Gasteiger partial charge in [0.1, 0.15) is 11.3 Å². The van der Waals surface area contributed by atoms with Crippen LogP contribution in [0.2, 0.25) is 0 Å². The van der Waals surface area contributed by atoms with Crippen molar-refractivity contribution in [1.82, 2.24) is 15.0 Å². The molecule has 0 bridgehead atoms. The lowest BCUT2D eigenvalue weighted by Crippen LogP contribution is -1.95. The second-order valence-electron chi connectivity index (χ2n) is 3.52. The molecule has 3 nitrogen and oxygen atoms in total. The Morgan fingerprint density at radius 3 is 2.93 bits per heavy atom. The molecule has 3 rings (SSSR count). The SMILES string of the molecule is Fc1cc(Br)c2nnn(C3CC3)c2c1. The third-order valence-corrected chi connectivity index (χ3v) is 2.99. The maximum absolute atomic E-state index is 13.1. The van der Waals surface area contributed by atoms with Crippen LogP contribution in [-0.2, 0) is 0 Å². The summed E-state index contributed by atoms with van der Waals surface area (Å²) in [5.41, 5.74) is 1.51. The number of hydrogen-bond donors (Lipinski definition) is 0. The molecule has 14 heavy (non-hydrogen) atoms. The molecule has 1 aliphatic carbocycles. The second kappa shape index (κ2) is 2.76. The van der Waals surface area contributed by atoms with Gasteiger partial charge in [-0.1, -0.05) is 5.21 Å². The average Bonchev–Trinajstić information content (AvgIpc) is 2.87. The van der Waals surface area contributed by atoms with E-state index in [-0.39, 0.29) is 5.82 Å². The summed E-state index contributed by atoms with van der Waals surface area (Å²) in [5.74, 6) is -0.256. The molecule has 0 radical (unpaired) electrons.